The number of carbonyl (C=O) groups excluding carboxylic acids is 2. The fraction of sp³-hybridized carbons (Fsp3) is 0.238. The molecule has 1 unspecified atom stereocenters. The minimum Gasteiger partial charge on any atom is -0.342 e. The molecule has 172 valence electrons. The van der Waals surface area contributed by atoms with Crippen molar-refractivity contribution < 1.29 is 18.9 Å². The molecule has 1 heterocycles. The van der Waals surface area contributed by atoms with Gasteiger partial charge in [0.05, 0.1) is 22.3 Å². The van der Waals surface area contributed by atoms with E-state index in [1.165, 1.54) is 42.5 Å². The number of hydrogen-bond acceptors (Lipinski definition) is 7. The van der Waals surface area contributed by atoms with Crippen LogP contribution in [0.3, 0.4) is 0 Å². The van der Waals surface area contributed by atoms with E-state index >= 15 is 0 Å². The number of rotatable bonds is 9. The average molecular weight is 473 g/mol. The summed E-state index contributed by atoms with van der Waals surface area (Å²) in [6.45, 7) is 4.08. The van der Waals surface area contributed by atoms with Gasteiger partial charge in [0.1, 0.15) is 5.82 Å². The van der Waals surface area contributed by atoms with Crippen LogP contribution < -0.4 is 10.6 Å². The highest BCUT2D eigenvalue weighted by Gasteiger charge is 2.21. The number of benzene rings is 2. The lowest BCUT2D eigenvalue weighted by atomic mass is 10.2. The number of anilines is 1. The van der Waals surface area contributed by atoms with Crippen LogP contribution in [0.1, 0.15) is 36.1 Å². The van der Waals surface area contributed by atoms with Crippen LogP contribution in [-0.4, -0.2) is 37.3 Å². The molecule has 0 bridgehead atoms. The fourth-order valence-electron chi connectivity index (χ4n) is 3.00. The third-order valence-corrected chi connectivity index (χ3v) is 5.58. The van der Waals surface area contributed by atoms with Gasteiger partial charge in [0, 0.05) is 24.4 Å². The van der Waals surface area contributed by atoms with Crippen LogP contribution in [0.2, 0.25) is 0 Å². The van der Waals surface area contributed by atoms with Crippen LogP contribution in [0.4, 0.5) is 15.8 Å². The Morgan fingerprint density at radius 1 is 1.18 bits per heavy atom. The molecule has 2 amide bonds. The molecule has 0 aliphatic rings. The second kappa shape index (κ2) is 10.7. The molecule has 10 nitrogen and oxygen atoms in total. The van der Waals surface area contributed by atoms with E-state index in [4.69, 9.17) is 0 Å². The van der Waals surface area contributed by atoms with Crippen molar-refractivity contribution in [3.8, 4) is 0 Å². The molecule has 1 atom stereocenters. The smallest absolute Gasteiger partial charge is 0.269 e. The normalized spacial score (nSPS) is 11.6. The molecule has 0 fully saturated rings. The van der Waals surface area contributed by atoms with Gasteiger partial charge in [0.2, 0.25) is 5.91 Å². The first-order valence-electron chi connectivity index (χ1n) is 9.95. The Hall–Kier alpha value is -3.80. The van der Waals surface area contributed by atoms with Crippen LogP contribution in [0.15, 0.2) is 53.7 Å². The molecule has 2 aromatic carbocycles. The highest BCUT2D eigenvalue weighted by Crippen LogP contribution is 2.22. The summed E-state index contributed by atoms with van der Waals surface area (Å²) in [5.41, 5.74) is 0.305. The van der Waals surface area contributed by atoms with E-state index in [1.54, 1.807) is 17.6 Å². The van der Waals surface area contributed by atoms with E-state index in [0.717, 1.165) is 11.8 Å². The molecule has 0 aliphatic carbocycles. The lowest BCUT2D eigenvalue weighted by Gasteiger charge is -2.15. The highest BCUT2D eigenvalue weighted by atomic mass is 32.2. The lowest BCUT2D eigenvalue weighted by Crippen LogP contribution is -2.29. The number of nitro benzene ring substituents is 1. The first-order chi connectivity index (χ1) is 15.8. The SMILES string of the molecule is CCn1c(SCC(=O)Nc2ccc([N+](=O)[O-])cc2)nnc1C(C)NC(=O)c1ccccc1F. The summed E-state index contributed by atoms with van der Waals surface area (Å²) in [6, 6.07) is 10.7. The zero-order chi connectivity index (χ0) is 24.0. The summed E-state index contributed by atoms with van der Waals surface area (Å²) in [7, 11) is 0. The van der Waals surface area contributed by atoms with Gasteiger partial charge < -0.3 is 15.2 Å². The zero-order valence-corrected chi connectivity index (χ0v) is 18.6. The predicted molar refractivity (Wildman–Crippen MR) is 120 cm³/mol. The molecule has 1 aromatic heterocycles. The standard InChI is InChI=1S/C21H21FN6O4S/c1-3-27-19(13(2)23-20(30)16-6-4-5-7-17(16)22)25-26-21(27)33-12-18(29)24-14-8-10-15(11-9-14)28(31)32/h4-11,13H,3,12H2,1-2H3,(H,23,30)(H,24,29). The third kappa shape index (κ3) is 5.92. The summed E-state index contributed by atoms with van der Waals surface area (Å²) < 4.78 is 15.6. The second-order valence-corrected chi connectivity index (χ2v) is 7.84. The molecule has 0 saturated heterocycles. The van der Waals surface area contributed by atoms with Crippen molar-refractivity contribution in [3.63, 3.8) is 0 Å². The quantitative estimate of drug-likeness (QED) is 0.276. The van der Waals surface area contributed by atoms with Crippen molar-refractivity contribution in [2.75, 3.05) is 11.1 Å². The molecular formula is C21H21FN6O4S. The maximum Gasteiger partial charge on any atom is 0.269 e. The van der Waals surface area contributed by atoms with Crippen molar-refractivity contribution >= 4 is 35.0 Å². The summed E-state index contributed by atoms with van der Waals surface area (Å²) in [5.74, 6) is -0.995. The molecule has 0 aliphatic heterocycles. The molecule has 0 spiro atoms. The molecule has 33 heavy (non-hydrogen) atoms. The molecule has 3 aromatic rings. The van der Waals surface area contributed by atoms with Gasteiger partial charge in [-0.15, -0.1) is 10.2 Å². The van der Waals surface area contributed by atoms with Gasteiger partial charge in [-0.1, -0.05) is 23.9 Å². The Bertz CT molecular complexity index is 1170. The van der Waals surface area contributed by atoms with Gasteiger partial charge in [0.25, 0.3) is 11.6 Å². The number of non-ortho nitro benzene ring substituents is 1. The van der Waals surface area contributed by atoms with Crippen LogP contribution in [0.5, 0.6) is 0 Å². The Morgan fingerprint density at radius 3 is 2.52 bits per heavy atom. The Kier molecular flexibility index (Phi) is 7.72. The first kappa shape index (κ1) is 23.9. The molecule has 2 N–H and O–H groups in total. The molecule has 0 saturated carbocycles. The third-order valence-electron chi connectivity index (χ3n) is 4.61. The predicted octanol–water partition coefficient (Wildman–Crippen LogP) is 3.57. The van der Waals surface area contributed by atoms with Gasteiger partial charge in [-0.3, -0.25) is 19.7 Å². The number of aromatic nitrogens is 3. The number of thioether (sulfide) groups is 1. The second-order valence-electron chi connectivity index (χ2n) is 6.90. The molecular weight excluding hydrogens is 451 g/mol. The maximum atomic E-state index is 13.9. The van der Waals surface area contributed by atoms with E-state index < -0.39 is 22.7 Å². The van der Waals surface area contributed by atoms with Crippen LogP contribution in [-0.2, 0) is 11.3 Å². The van der Waals surface area contributed by atoms with E-state index in [0.29, 0.717) is 23.2 Å². The van der Waals surface area contributed by atoms with Gasteiger partial charge in [-0.2, -0.15) is 0 Å². The number of nitro groups is 1. The van der Waals surface area contributed by atoms with Gasteiger partial charge in [0.15, 0.2) is 11.0 Å². The Morgan fingerprint density at radius 2 is 1.88 bits per heavy atom. The fourth-order valence-corrected chi connectivity index (χ4v) is 3.81. The summed E-state index contributed by atoms with van der Waals surface area (Å²) >= 11 is 1.16. The van der Waals surface area contributed by atoms with Crippen molar-refractivity contribution in [2.45, 2.75) is 31.6 Å². The van der Waals surface area contributed by atoms with Crippen LogP contribution >= 0.6 is 11.8 Å². The number of nitrogens with one attached hydrogen (secondary N) is 2. The van der Waals surface area contributed by atoms with E-state index in [-0.39, 0.29) is 22.9 Å². The number of nitrogens with zero attached hydrogens (tertiary/aromatic N) is 4. The largest absolute Gasteiger partial charge is 0.342 e. The van der Waals surface area contributed by atoms with Gasteiger partial charge >= 0.3 is 0 Å². The van der Waals surface area contributed by atoms with Gasteiger partial charge in [-0.05, 0) is 38.1 Å². The summed E-state index contributed by atoms with van der Waals surface area (Å²) in [4.78, 5) is 34.9. The minimum absolute atomic E-state index is 0.0328. The Labute approximate surface area is 192 Å². The lowest BCUT2D eigenvalue weighted by molar-refractivity contribution is -0.384. The van der Waals surface area contributed by atoms with Crippen molar-refractivity contribution in [1.29, 1.82) is 0 Å². The molecule has 0 radical (unpaired) electrons. The van der Waals surface area contributed by atoms with Crippen LogP contribution in [0, 0.1) is 15.9 Å². The summed E-state index contributed by atoms with van der Waals surface area (Å²) in [6.07, 6.45) is 0. The highest BCUT2D eigenvalue weighted by molar-refractivity contribution is 7.99. The zero-order valence-electron chi connectivity index (χ0n) is 17.8. The maximum absolute atomic E-state index is 13.9. The van der Waals surface area contributed by atoms with Crippen LogP contribution in [0.25, 0.3) is 0 Å². The molecule has 12 heteroatoms. The van der Waals surface area contributed by atoms with E-state index in [2.05, 4.69) is 20.8 Å². The van der Waals surface area contributed by atoms with Crippen molar-refractivity contribution in [2.24, 2.45) is 0 Å². The Balaban J connectivity index is 1.61. The topological polar surface area (TPSA) is 132 Å². The monoisotopic (exact) mass is 472 g/mol. The number of halogens is 1. The minimum atomic E-state index is -0.616. The van der Waals surface area contributed by atoms with E-state index in [1.807, 2.05) is 6.92 Å². The molecule has 3 rings (SSSR count). The van der Waals surface area contributed by atoms with Gasteiger partial charge in [-0.25, -0.2) is 4.39 Å². The average Bonchev–Trinajstić information content (AvgIpc) is 3.21. The number of hydrogen-bond donors (Lipinski definition) is 2. The van der Waals surface area contributed by atoms with Crippen molar-refractivity contribution in [3.05, 3.63) is 75.9 Å². The summed E-state index contributed by atoms with van der Waals surface area (Å²) in [5, 5.41) is 24.8. The first-order valence-corrected chi connectivity index (χ1v) is 10.9. The number of carbonyl (C=O) groups is 2. The van der Waals surface area contributed by atoms with Crippen molar-refractivity contribution in [1.82, 2.24) is 20.1 Å². The van der Waals surface area contributed by atoms with E-state index in [9.17, 15) is 24.1 Å². The number of amides is 2.